The molecule has 0 heterocycles. The zero-order valence-electron chi connectivity index (χ0n) is 10.5. The highest BCUT2D eigenvalue weighted by Gasteiger charge is 2.01. The van der Waals surface area contributed by atoms with Gasteiger partial charge in [-0.2, -0.15) is 0 Å². The standard InChI is InChI=1S/C14H16FNO2/c1-3-18-13-8-7-12(14(15)10-13)6-4-5-9-16-11(2)17/h7-8,10H,3,5,9H2,1-2H3,(H,16,17). The second-order valence-electron chi connectivity index (χ2n) is 3.61. The van der Waals surface area contributed by atoms with Gasteiger partial charge in [-0.25, -0.2) is 4.39 Å². The van der Waals surface area contributed by atoms with Gasteiger partial charge in [0.1, 0.15) is 11.6 Å². The van der Waals surface area contributed by atoms with Crippen LogP contribution in [0.1, 0.15) is 25.8 Å². The van der Waals surface area contributed by atoms with E-state index in [0.29, 0.717) is 30.9 Å². The Bertz CT molecular complexity index is 474. The monoisotopic (exact) mass is 249 g/mol. The minimum absolute atomic E-state index is 0.0935. The summed E-state index contributed by atoms with van der Waals surface area (Å²) in [6, 6.07) is 4.59. The van der Waals surface area contributed by atoms with Crippen LogP contribution in [0.15, 0.2) is 18.2 Å². The maximum atomic E-state index is 13.6. The summed E-state index contributed by atoms with van der Waals surface area (Å²) in [5, 5.41) is 2.62. The number of halogens is 1. The third-order valence-electron chi connectivity index (χ3n) is 2.10. The van der Waals surface area contributed by atoms with Crippen molar-refractivity contribution in [2.75, 3.05) is 13.2 Å². The first-order chi connectivity index (χ1) is 8.63. The minimum Gasteiger partial charge on any atom is -0.494 e. The van der Waals surface area contributed by atoms with E-state index in [1.54, 1.807) is 12.1 Å². The predicted octanol–water partition coefficient (Wildman–Crippen LogP) is 2.10. The number of benzene rings is 1. The highest BCUT2D eigenvalue weighted by molar-refractivity contribution is 5.72. The van der Waals surface area contributed by atoms with Crippen LogP contribution in [-0.4, -0.2) is 19.1 Å². The summed E-state index contributed by atoms with van der Waals surface area (Å²) < 4.78 is 18.7. The van der Waals surface area contributed by atoms with Gasteiger partial charge in [0.25, 0.3) is 0 Å². The fraction of sp³-hybridized carbons (Fsp3) is 0.357. The Morgan fingerprint density at radius 1 is 1.50 bits per heavy atom. The molecule has 0 atom stereocenters. The molecule has 0 spiro atoms. The molecule has 0 aliphatic rings. The molecule has 18 heavy (non-hydrogen) atoms. The van der Waals surface area contributed by atoms with E-state index >= 15 is 0 Å². The largest absolute Gasteiger partial charge is 0.494 e. The Balaban J connectivity index is 2.57. The number of carbonyl (C=O) groups is 1. The van der Waals surface area contributed by atoms with Crippen LogP contribution in [0.3, 0.4) is 0 Å². The Kier molecular flexibility index (Phi) is 5.72. The van der Waals surface area contributed by atoms with Crippen LogP contribution in [0.25, 0.3) is 0 Å². The van der Waals surface area contributed by atoms with Crippen LogP contribution in [0, 0.1) is 17.7 Å². The lowest BCUT2D eigenvalue weighted by molar-refractivity contribution is -0.118. The van der Waals surface area contributed by atoms with Crippen molar-refractivity contribution in [1.82, 2.24) is 5.32 Å². The third kappa shape index (κ3) is 4.88. The van der Waals surface area contributed by atoms with Gasteiger partial charge in [0.15, 0.2) is 0 Å². The second-order valence-corrected chi connectivity index (χ2v) is 3.61. The van der Waals surface area contributed by atoms with Crippen molar-refractivity contribution >= 4 is 5.91 Å². The fourth-order valence-electron chi connectivity index (χ4n) is 1.31. The zero-order chi connectivity index (χ0) is 13.4. The fourth-order valence-corrected chi connectivity index (χ4v) is 1.31. The van der Waals surface area contributed by atoms with Crippen molar-refractivity contribution in [1.29, 1.82) is 0 Å². The lowest BCUT2D eigenvalue weighted by Crippen LogP contribution is -2.20. The number of rotatable bonds is 4. The molecule has 3 nitrogen and oxygen atoms in total. The first kappa shape index (κ1) is 14.0. The highest BCUT2D eigenvalue weighted by atomic mass is 19.1. The van der Waals surface area contributed by atoms with Gasteiger partial charge in [-0.05, 0) is 19.1 Å². The van der Waals surface area contributed by atoms with Gasteiger partial charge in [-0.15, -0.1) is 0 Å². The molecule has 0 aliphatic heterocycles. The van der Waals surface area contributed by atoms with Crippen molar-refractivity contribution in [3.05, 3.63) is 29.6 Å². The van der Waals surface area contributed by atoms with Crippen molar-refractivity contribution in [2.24, 2.45) is 0 Å². The Morgan fingerprint density at radius 3 is 2.89 bits per heavy atom. The minimum atomic E-state index is -0.395. The van der Waals surface area contributed by atoms with E-state index in [4.69, 9.17) is 4.74 Å². The summed E-state index contributed by atoms with van der Waals surface area (Å²) in [6.07, 6.45) is 0.492. The average Bonchev–Trinajstić information content (AvgIpc) is 2.31. The maximum Gasteiger partial charge on any atom is 0.216 e. The van der Waals surface area contributed by atoms with Gasteiger partial charge in [0.2, 0.25) is 5.91 Å². The van der Waals surface area contributed by atoms with E-state index < -0.39 is 5.82 Å². The second kappa shape index (κ2) is 7.33. The lowest BCUT2D eigenvalue weighted by atomic mass is 10.2. The Morgan fingerprint density at radius 2 is 2.28 bits per heavy atom. The zero-order valence-corrected chi connectivity index (χ0v) is 10.5. The molecule has 0 aliphatic carbocycles. The van der Waals surface area contributed by atoms with Crippen LogP contribution in [0.5, 0.6) is 5.75 Å². The summed E-state index contributed by atoms with van der Waals surface area (Å²) in [7, 11) is 0. The summed E-state index contributed by atoms with van der Waals surface area (Å²) in [4.78, 5) is 10.6. The molecule has 0 fully saturated rings. The number of hydrogen-bond acceptors (Lipinski definition) is 2. The molecule has 96 valence electrons. The summed E-state index contributed by atoms with van der Waals surface area (Å²) in [5.74, 6) is 5.54. The van der Waals surface area contributed by atoms with Gasteiger partial charge in [0.05, 0.1) is 12.2 Å². The van der Waals surface area contributed by atoms with Crippen LogP contribution in [0.2, 0.25) is 0 Å². The smallest absolute Gasteiger partial charge is 0.216 e. The molecule has 4 heteroatoms. The van der Waals surface area contributed by atoms with Crippen molar-refractivity contribution in [3.63, 3.8) is 0 Å². The predicted molar refractivity (Wildman–Crippen MR) is 67.7 cm³/mol. The molecule has 1 N–H and O–H groups in total. The Hall–Kier alpha value is -2.02. The van der Waals surface area contributed by atoms with Gasteiger partial charge in [-0.1, -0.05) is 11.8 Å². The van der Waals surface area contributed by atoms with Gasteiger partial charge in [-0.3, -0.25) is 4.79 Å². The first-order valence-corrected chi connectivity index (χ1v) is 5.79. The molecule has 0 bridgehead atoms. The molecule has 0 unspecified atom stereocenters. The topological polar surface area (TPSA) is 38.3 Å². The molecular formula is C14H16FNO2. The molecular weight excluding hydrogens is 233 g/mol. The quantitative estimate of drug-likeness (QED) is 0.655. The van der Waals surface area contributed by atoms with E-state index in [0.717, 1.165) is 0 Å². The van der Waals surface area contributed by atoms with E-state index in [2.05, 4.69) is 17.2 Å². The van der Waals surface area contributed by atoms with Crippen LogP contribution in [-0.2, 0) is 4.79 Å². The number of amides is 1. The van der Waals surface area contributed by atoms with Crippen LogP contribution < -0.4 is 10.1 Å². The molecule has 1 aromatic carbocycles. The van der Waals surface area contributed by atoms with Crippen molar-refractivity contribution < 1.29 is 13.9 Å². The van der Waals surface area contributed by atoms with Gasteiger partial charge < -0.3 is 10.1 Å². The highest BCUT2D eigenvalue weighted by Crippen LogP contribution is 2.15. The molecule has 1 aromatic rings. The number of ether oxygens (including phenoxy) is 1. The summed E-state index contributed by atoms with van der Waals surface area (Å²) >= 11 is 0. The van der Waals surface area contributed by atoms with Crippen LogP contribution in [0.4, 0.5) is 4.39 Å². The van der Waals surface area contributed by atoms with Crippen molar-refractivity contribution in [3.8, 4) is 17.6 Å². The molecule has 1 amide bonds. The van der Waals surface area contributed by atoms with E-state index in [-0.39, 0.29) is 5.91 Å². The lowest BCUT2D eigenvalue weighted by Gasteiger charge is -2.03. The average molecular weight is 249 g/mol. The molecule has 0 aromatic heterocycles. The number of carbonyl (C=O) groups excluding carboxylic acids is 1. The number of nitrogens with one attached hydrogen (secondary N) is 1. The molecule has 1 rings (SSSR count). The Labute approximate surface area is 106 Å². The summed E-state index contributed by atoms with van der Waals surface area (Å²) in [6.45, 7) is 4.26. The molecule has 0 saturated carbocycles. The van der Waals surface area contributed by atoms with E-state index in [1.165, 1.54) is 13.0 Å². The molecule has 0 radical (unpaired) electrons. The van der Waals surface area contributed by atoms with Crippen molar-refractivity contribution in [2.45, 2.75) is 20.3 Å². The third-order valence-corrected chi connectivity index (χ3v) is 2.10. The van der Waals surface area contributed by atoms with Gasteiger partial charge >= 0.3 is 0 Å². The van der Waals surface area contributed by atoms with Crippen LogP contribution >= 0.6 is 0 Å². The summed E-state index contributed by atoms with van der Waals surface area (Å²) in [5.41, 5.74) is 0.335. The molecule has 0 saturated heterocycles. The van der Waals surface area contributed by atoms with E-state index in [9.17, 15) is 9.18 Å². The van der Waals surface area contributed by atoms with E-state index in [1.807, 2.05) is 6.92 Å². The maximum absolute atomic E-state index is 13.6. The SMILES string of the molecule is CCOc1ccc(C#CCCNC(C)=O)c(F)c1. The first-order valence-electron chi connectivity index (χ1n) is 5.79. The number of hydrogen-bond donors (Lipinski definition) is 1. The normalized spacial score (nSPS) is 9.28. The van der Waals surface area contributed by atoms with Gasteiger partial charge in [0, 0.05) is 26.0 Å².